The Bertz CT molecular complexity index is 955. The molecule has 1 saturated heterocycles. The zero-order valence-corrected chi connectivity index (χ0v) is 16.6. The number of ether oxygens (including phenoxy) is 1. The maximum atomic E-state index is 13.1. The highest BCUT2D eigenvalue weighted by Gasteiger charge is 2.30. The third-order valence-electron chi connectivity index (χ3n) is 5.25. The molecule has 0 saturated carbocycles. The van der Waals surface area contributed by atoms with E-state index in [9.17, 15) is 4.79 Å². The number of nitrogens with zero attached hydrogens (tertiary/aromatic N) is 3. The van der Waals surface area contributed by atoms with E-state index in [-0.39, 0.29) is 11.9 Å². The van der Waals surface area contributed by atoms with Crippen molar-refractivity contribution >= 4 is 5.91 Å². The Labute approximate surface area is 170 Å². The van der Waals surface area contributed by atoms with Crippen molar-refractivity contribution in [3.8, 4) is 17.2 Å². The Morgan fingerprint density at radius 3 is 2.79 bits per heavy atom. The molecular weight excluding hydrogens is 366 g/mol. The lowest BCUT2D eigenvalue weighted by atomic mass is 10.1. The number of benzene rings is 2. The summed E-state index contributed by atoms with van der Waals surface area (Å²) in [5, 5.41) is 4.11. The van der Waals surface area contributed by atoms with Crippen LogP contribution in [0.1, 0.15) is 42.4 Å². The van der Waals surface area contributed by atoms with Gasteiger partial charge in [0.15, 0.2) is 5.82 Å². The van der Waals surface area contributed by atoms with E-state index in [0.29, 0.717) is 36.1 Å². The van der Waals surface area contributed by atoms with E-state index >= 15 is 0 Å². The highest BCUT2D eigenvalue weighted by molar-refractivity contribution is 5.97. The molecule has 1 unspecified atom stereocenters. The van der Waals surface area contributed by atoms with Gasteiger partial charge in [0, 0.05) is 24.6 Å². The number of aryl methyl sites for hydroxylation is 1. The van der Waals surface area contributed by atoms with E-state index < -0.39 is 0 Å². The van der Waals surface area contributed by atoms with Crippen molar-refractivity contribution in [1.29, 1.82) is 0 Å². The minimum atomic E-state index is 0.0367. The zero-order valence-electron chi connectivity index (χ0n) is 16.6. The van der Waals surface area contributed by atoms with Gasteiger partial charge in [0.2, 0.25) is 0 Å². The minimum Gasteiger partial charge on any atom is -0.493 e. The quantitative estimate of drug-likeness (QED) is 0.598. The van der Waals surface area contributed by atoms with Gasteiger partial charge in [-0.2, -0.15) is 4.98 Å². The van der Waals surface area contributed by atoms with Crippen LogP contribution in [0, 0.1) is 0 Å². The third kappa shape index (κ3) is 4.31. The summed E-state index contributed by atoms with van der Waals surface area (Å²) in [6, 6.07) is 17.4. The van der Waals surface area contributed by atoms with Crippen LogP contribution >= 0.6 is 0 Å². The standard InChI is InChI=1S/C23H25N3O3/c1-2-28-20-13-7-6-12-19(20)23(27)26-16-8-11-18(26)14-15-21-24-22(29-25-21)17-9-4-3-5-10-17/h3-7,9-10,12-13,18H,2,8,11,14-16H2,1H3. The molecule has 0 spiro atoms. The largest absolute Gasteiger partial charge is 0.493 e. The lowest BCUT2D eigenvalue weighted by Gasteiger charge is -2.25. The molecule has 1 aliphatic heterocycles. The van der Waals surface area contributed by atoms with E-state index in [1.807, 2.05) is 66.4 Å². The first-order chi connectivity index (χ1) is 14.3. The predicted molar refractivity (Wildman–Crippen MR) is 110 cm³/mol. The summed E-state index contributed by atoms with van der Waals surface area (Å²) in [5.74, 6) is 1.90. The maximum Gasteiger partial charge on any atom is 0.257 e. The van der Waals surface area contributed by atoms with Gasteiger partial charge in [0.1, 0.15) is 5.75 Å². The molecule has 150 valence electrons. The van der Waals surface area contributed by atoms with Gasteiger partial charge >= 0.3 is 0 Å². The van der Waals surface area contributed by atoms with Crippen molar-refractivity contribution in [2.45, 2.75) is 38.6 Å². The van der Waals surface area contributed by atoms with Crippen LogP contribution < -0.4 is 4.74 Å². The van der Waals surface area contributed by atoms with Gasteiger partial charge in [-0.25, -0.2) is 0 Å². The Hall–Kier alpha value is -3.15. The Balaban J connectivity index is 1.42. The van der Waals surface area contributed by atoms with Crippen LogP contribution in [0.4, 0.5) is 0 Å². The number of rotatable bonds is 7. The number of hydrogen-bond donors (Lipinski definition) is 0. The van der Waals surface area contributed by atoms with Crippen LogP contribution in [0.2, 0.25) is 0 Å². The molecule has 1 aliphatic rings. The minimum absolute atomic E-state index is 0.0367. The predicted octanol–water partition coefficient (Wildman–Crippen LogP) is 4.37. The summed E-state index contributed by atoms with van der Waals surface area (Å²) in [5.41, 5.74) is 1.55. The monoisotopic (exact) mass is 391 g/mol. The third-order valence-corrected chi connectivity index (χ3v) is 5.25. The fourth-order valence-electron chi connectivity index (χ4n) is 3.83. The summed E-state index contributed by atoms with van der Waals surface area (Å²) in [6.07, 6.45) is 3.49. The van der Waals surface area contributed by atoms with E-state index in [2.05, 4.69) is 10.1 Å². The Kier molecular flexibility index (Phi) is 5.89. The van der Waals surface area contributed by atoms with Crippen LogP contribution in [0.5, 0.6) is 5.75 Å². The lowest BCUT2D eigenvalue weighted by molar-refractivity contribution is 0.0726. The molecule has 1 amide bonds. The average molecular weight is 391 g/mol. The fourth-order valence-corrected chi connectivity index (χ4v) is 3.83. The second-order valence-electron chi connectivity index (χ2n) is 7.14. The van der Waals surface area contributed by atoms with Crippen LogP contribution in [-0.4, -0.2) is 40.1 Å². The summed E-state index contributed by atoms with van der Waals surface area (Å²) in [7, 11) is 0. The number of likely N-dealkylation sites (tertiary alicyclic amines) is 1. The Morgan fingerprint density at radius 2 is 1.97 bits per heavy atom. The molecule has 6 nitrogen and oxygen atoms in total. The van der Waals surface area contributed by atoms with Crippen LogP contribution in [-0.2, 0) is 6.42 Å². The number of amides is 1. The van der Waals surface area contributed by atoms with Gasteiger partial charge in [0.25, 0.3) is 11.8 Å². The topological polar surface area (TPSA) is 68.5 Å². The molecule has 1 aromatic heterocycles. The smallest absolute Gasteiger partial charge is 0.257 e. The average Bonchev–Trinajstić information content (AvgIpc) is 3.43. The lowest BCUT2D eigenvalue weighted by Crippen LogP contribution is -2.36. The molecule has 0 bridgehead atoms. The molecule has 3 aromatic rings. The van der Waals surface area contributed by atoms with Crippen LogP contribution in [0.25, 0.3) is 11.5 Å². The van der Waals surface area contributed by atoms with Crippen molar-refractivity contribution in [2.24, 2.45) is 0 Å². The molecule has 4 rings (SSSR count). The normalized spacial score (nSPS) is 16.2. The highest BCUT2D eigenvalue weighted by atomic mass is 16.5. The first kappa shape index (κ1) is 19.2. The number of carbonyl (C=O) groups is 1. The zero-order chi connectivity index (χ0) is 20.1. The van der Waals surface area contributed by atoms with Gasteiger partial charge < -0.3 is 14.2 Å². The van der Waals surface area contributed by atoms with Gasteiger partial charge in [0.05, 0.1) is 12.2 Å². The van der Waals surface area contributed by atoms with E-state index in [1.54, 1.807) is 0 Å². The van der Waals surface area contributed by atoms with Crippen LogP contribution in [0.15, 0.2) is 59.1 Å². The molecule has 2 aromatic carbocycles. The second-order valence-corrected chi connectivity index (χ2v) is 7.14. The highest BCUT2D eigenvalue weighted by Crippen LogP contribution is 2.27. The van der Waals surface area contributed by atoms with Crippen molar-refractivity contribution in [3.05, 3.63) is 66.0 Å². The molecule has 1 fully saturated rings. The summed E-state index contributed by atoms with van der Waals surface area (Å²) in [4.78, 5) is 19.6. The molecule has 2 heterocycles. The van der Waals surface area contributed by atoms with E-state index in [4.69, 9.17) is 9.26 Å². The second kappa shape index (κ2) is 8.90. The SMILES string of the molecule is CCOc1ccccc1C(=O)N1CCCC1CCc1noc(-c2ccccc2)n1. The molecule has 29 heavy (non-hydrogen) atoms. The fraction of sp³-hybridized carbons (Fsp3) is 0.348. The molecule has 0 radical (unpaired) electrons. The van der Waals surface area contributed by atoms with Crippen LogP contribution in [0.3, 0.4) is 0 Å². The van der Waals surface area contributed by atoms with Gasteiger partial charge in [-0.15, -0.1) is 0 Å². The van der Waals surface area contributed by atoms with Gasteiger partial charge in [-0.1, -0.05) is 35.5 Å². The number of carbonyl (C=O) groups excluding carboxylic acids is 1. The summed E-state index contributed by atoms with van der Waals surface area (Å²) in [6.45, 7) is 3.23. The number of hydrogen-bond acceptors (Lipinski definition) is 5. The van der Waals surface area contributed by atoms with Crippen molar-refractivity contribution in [1.82, 2.24) is 15.0 Å². The number of para-hydroxylation sites is 1. The first-order valence-electron chi connectivity index (χ1n) is 10.2. The first-order valence-corrected chi connectivity index (χ1v) is 10.2. The Morgan fingerprint density at radius 1 is 1.17 bits per heavy atom. The molecule has 1 atom stereocenters. The van der Waals surface area contributed by atoms with Crippen molar-refractivity contribution in [3.63, 3.8) is 0 Å². The summed E-state index contributed by atoms with van der Waals surface area (Å²) >= 11 is 0. The maximum absolute atomic E-state index is 13.1. The van der Waals surface area contributed by atoms with Gasteiger partial charge in [-0.05, 0) is 50.5 Å². The molecule has 0 aliphatic carbocycles. The van der Waals surface area contributed by atoms with Gasteiger partial charge in [-0.3, -0.25) is 4.79 Å². The van der Waals surface area contributed by atoms with E-state index in [1.165, 1.54) is 0 Å². The molecule has 0 N–H and O–H groups in total. The summed E-state index contributed by atoms with van der Waals surface area (Å²) < 4.78 is 11.0. The molecular formula is C23H25N3O3. The van der Waals surface area contributed by atoms with Crippen molar-refractivity contribution < 1.29 is 14.1 Å². The van der Waals surface area contributed by atoms with E-state index in [0.717, 1.165) is 31.4 Å². The molecule has 6 heteroatoms. The number of aromatic nitrogens is 2. The van der Waals surface area contributed by atoms with Crippen molar-refractivity contribution in [2.75, 3.05) is 13.2 Å².